The van der Waals surface area contributed by atoms with E-state index >= 15 is 0 Å². The van der Waals surface area contributed by atoms with E-state index in [1.807, 2.05) is 0 Å². The van der Waals surface area contributed by atoms with E-state index in [0.717, 1.165) is 6.42 Å². The average Bonchev–Trinajstić information content (AvgIpc) is 2.26. The second-order valence-corrected chi connectivity index (χ2v) is 7.41. The van der Waals surface area contributed by atoms with Crippen LogP contribution < -0.4 is 5.73 Å². The maximum atomic E-state index is 6.45. The third-order valence-electron chi connectivity index (χ3n) is 4.28. The van der Waals surface area contributed by atoms with Crippen molar-refractivity contribution in [3.05, 3.63) is 0 Å². The van der Waals surface area contributed by atoms with E-state index in [4.69, 9.17) is 5.73 Å². The average molecular weight is 240 g/mol. The second-order valence-electron chi connectivity index (χ2n) is 7.41. The van der Waals surface area contributed by atoms with E-state index in [9.17, 15) is 0 Å². The first-order valence-corrected chi connectivity index (χ1v) is 7.24. The largest absolute Gasteiger partial charge is 0.326 e. The third kappa shape index (κ3) is 4.59. The zero-order chi connectivity index (χ0) is 13.1. The minimum Gasteiger partial charge on any atom is -0.326 e. The fraction of sp³-hybridized carbons (Fsp3) is 1.00. The lowest BCUT2D eigenvalue weighted by Crippen LogP contribution is -2.57. The molecule has 0 aromatic rings. The fourth-order valence-electron chi connectivity index (χ4n) is 2.65. The van der Waals surface area contributed by atoms with E-state index < -0.39 is 0 Å². The minimum absolute atomic E-state index is 0.158. The molecule has 2 heteroatoms. The summed E-state index contributed by atoms with van der Waals surface area (Å²) in [5.41, 5.74) is 7.00. The van der Waals surface area contributed by atoms with Crippen molar-refractivity contribution >= 4 is 0 Å². The van der Waals surface area contributed by atoms with Gasteiger partial charge in [-0.3, -0.25) is 4.90 Å². The molecular formula is C15H32N2. The number of rotatable bonds is 4. The second kappa shape index (κ2) is 5.71. The molecule has 0 bridgehead atoms. The molecule has 1 saturated heterocycles. The van der Waals surface area contributed by atoms with Gasteiger partial charge in [-0.25, -0.2) is 0 Å². The zero-order valence-electron chi connectivity index (χ0n) is 12.6. The predicted molar refractivity (Wildman–Crippen MR) is 76.2 cm³/mol. The van der Waals surface area contributed by atoms with Gasteiger partial charge in [0, 0.05) is 11.6 Å². The van der Waals surface area contributed by atoms with Gasteiger partial charge in [-0.1, -0.05) is 27.2 Å². The number of piperidine rings is 1. The number of nitrogens with zero attached hydrogens (tertiary/aromatic N) is 1. The molecule has 0 aromatic carbocycles. The first kappa shape index (κ1) is 15.0. The molecule has 0 saturated carbocycles. The van der Waals surface area contributed by atoms with Crippen LogP contribution in [-0.2, 0) is 0 Å². The summed E-state index contributed by atoms with van der Waals surface area (Å²) in [6.45, 7) is 14.0. The molecule has 1 rings (SSSR count). The van der Waals surface area contributed by atoms with E-state index in [0.29, 0.717) is 11.5 Å². The number of likely N-dealkylation sites (tertiary alicyclic amines) is 1. The molecule has 1 atom stereocenters. The Morgan fingerprint density at radius 1 is 1.00 bits per heavy atom. The Labute approximate surface area is 108 Å². The molecule has 2 N–H and O–H groups in total. The van der Waals surface area contributed by atoms with E-state index in [1.54, 1.807) is 0 Å². The van der Waals surface area contributed by atoms with Crippen molar-refractivity contribution < 1.29 is 0 Å². The van der Waals surface area contributed by atoms with Gasteiger partial charge in [0.25, 0.3) is 0 Å². The Bertz CT molecular complexity index is 222. The van der Waals surface area contributed by atoms with Crippen molar-refractivity contribution in [2.45, 2.75) is 78.3 Å². The van der Waals surface area contributed by atoms with Crippen molar-refractivity contribution in [2.75, 3.05) is 13.1 Å². The fourth-order valence-corrected chi connectivity index (χ4v) is 2.65. The van der Waals surface area contributed by atoms with Gasteiger partial charge in [0.1, 0.15) is 0 Å². The van der Waals surface area contributed by atoms with Gasteiger partial charge in [-0.15, -0.1) is 0 Å². The van der Waals surface area contributed by atoms with Gasteiger partial charge in [0.2, 0.25) is 0 Å². The third-order valence-corrected chi connectivity index (χ3v) is 4.28. The maximum Gasteiger partial charge on any atom is 0.0304 e. The van der Waals surface area contributed by atoms with Gasteiger partial charge < -0.3 is 5.73 Å². The van der Waals surface area contributed by atoms with Gasteiger partial charge in [-0.2, -0.15) is 0 Å². The molecule has 1 unspecified atom stereocenters. The van der Waals surface area contributed by atoms with Crippen LogP contribution in [-0.4, -0.2) is 29.6 Å². The predicted octanol–water partition coefficient (Wildman–Crippen LogP) is 3.40. The van der Waals surface area contributed by atoms with Gasteiger partial charge in [-0.05, 0) is 58.0 Å². The SMILES string of the molecule is CC(C)(C)CCC(N)C(C)(C)N1CCCCC1. The lowest BCUT2D eigenvalue weighted by molar-refractivity contribution is 0.0671. The van der Waals surface area contributed by atoms with E-state index in [2.05, 4.69) is 39.5 Å². The summed E-state index contributed by atoms with van der Waals surface area (Å²) in [7, 11) is 0. The van der Waals surface area contributed by atoms with Gasteiger partial charge >= 0.3 is 0 Å². The standard InChI is InChI=1S/C15H32N2/c1-14(2,3)10-9-13(16)15(4,5)17-11-7-6-8-12-17/h13H,6-12,16H2,1-5H3. The normalized spacial score (nSPS) is 21.5. The van der Waals surface area contributed by atoms with E-state index in [1.165, 1.54) is 38.8 Å². The molecule has 2 nitrogen and oxygen atoms in total. The molecule has 0 radical (unpaired) electrons. The zero-order valence-corrected chi connectivity index (χ0v) is 12.6. The molecule has 0 amide bonds. The van der Waals surface area contributed by atoms with Crippen LogP contribution in [0.4, 0.5) is 0 Å². The lowest BCUT2D eigenvalue weighted by Gasteiger charge is -2.45. The van der Waals surface area contributed by atoms with Crippen LogP contribution in [0.25, 0.3) is 0 Å². The smallest absolute Gasteiger partial charge is 0.0304 e. The Morgan fingerprint density at radius 3 is 2.00 bits per heavy atom. The molecule has 0 aromatic heterocycles. The molecule has 1 fully saturated rings. The van der Waals surface area contributed by atoms with E-state index in [-0.39, 0.29) is 5.54 Å². The summed E-state index contributed by atoms with van der Waals surface area (Å²) in [5, 5.41) is 0. The first-order valence-electron chi connectivity index (χ1n) is 7.24. The Balaban J connectivity index is 2.49. The van der Waals surface area contributed by atoms with Crippen LogP contribution in [0.15, 0.2) is 0 Å². The molecule has 1 aliphatic heterocycles. The summed E-state index contributed by atoms with van der Waals surface area (Å²) in [4.78, 5) is 2.60. The molecular weight excluding hydrogens is 208 g/mol. The summed E-state index contributed by atoms with van der Waals surface area (Å²) in [6, 6.07) is 0.292. The van der Waals surface area contributed by atoms with Gasteiger partial charge in [0.15, 0.2) is 0 Å². The van der Waals surface area contributed by atoms with Crippen LogP contribution in [0.1, 0.15) is 66.7 Å². The van der Waals surface area contributed by atoms with Crippen molar-refractivity contribution in [1.82, 2.24) is 4.90 Å². The maximum absolute atomic E-state index is 6.45. The highest BCUT2D eigenvalue weighted by Crippen LogP contribution is 2.28. The van der Waals surface area contributed by atoms with Crippen molar-refractivity contribution in [3.63, 3.8) is 0 Å². The molecule has 0 spiro atoms. The summed E-state index contributed by atoms with van der Waals surface area (Å²) < 4.78 is 0. The van der Waals surface area contributed by atoms with Crippen LogP contribution >= 0.6 is 0 Å². The van der Waals surface area contributed by atoms with Crippen molar-refractivity contribution in [3.8, 4) is 0 Å². The highest BCUT2D eigenvalue weighted by Gasteiger charge is 2.34. The summed E-state index contributed by atoms with van der Waals surface area (Å²) in [6.07, 6.45) is 6.42. The topological polar surface area (TPSA) is 29.3 Å². The minimum atomic E-state index is 0.158. The number of nitrogens with two attached hydrogens (primary N) is 1. The van der Waals surface area contributed by atoms with Gasteiger partial charge in [0.05, 0.1) is 0 Å². The highest BCUT2D eigenvalue weighted by molar-refractivity contribution is 4.93. The summed E-state index contributed by atoms with van der Waals surface area (Å²) in [5.74, 6) is 0. The van der Waals surface area contributed by atoms with Crippen LogP contribution in [0.3, 0.4) is 0 Å². The molecule has 102 valence electrons. The van der Waals surface area contributed by atoms with Crippen molar-refractivity contribution in [2.24, 2.45) is 11.1 Å². The van der Waals surface area contributed by atoms with Crippen molar-refractivity contribution in [1.29, 1.82) is 0 Å². The number of hydrogen-bond acceptors (Lipinski definition) is 2. The number of hydrogen-bond donors (Lipinski definition) is 1. The highest BCUT2D eigenvalue weighted by atomic mass is 15.2. The quantitative estimate of drug-likeness (QED) is 0.816. The van der Waals surface area contributed by atoms with Crippen LogP contribution in [0.5, 0.6) is 0 Å². The Morgan fingerprint density at radius 2 is 1.53 bits per heavy atom. The first-order chi connectivity index (χ1) is 7.73. The monoisotopic (exact) mass is 240 g/mol. The Kier molecular flexibility index (Phi) is 5.03. The molecule has 0 aliphatic carbocycles. The lowest BCUT2D eigenvalue weighted by atomic mass is 9.82. The van der Waals surface area contributed by atoms with Crippen LogP contribution in [0, 0.1) is 5.41 Å². The molecule has 1 aliphatic rings. The Hall–Kier alpha value is -0.0800. The molecule has 17 heavy (non-hydrogen) atoms. The van der Waals surface area contributed by atoms with Crippen LogP contribution in [0.2, 0.25) is 0 Å². The summed E-state index contributed by atoms with van der Waals surface area (Å²) >= 11 is 0. The molecule has 1 heterocycles.